The molecular weight excluding hydrogens is 350 g/mol. The summed E-state index contributed by atoms with van der Waals surface area (Å²) >= 11 is 0. The van der Waals surface area contributed by atoms with Gasteiger partial charge in [0.15, 0.2) is 18.5 Å². The van der Waals surface area contributed by atoms with Gasteiger partial charge in [-0.25, -0.2) is 10.0 Å². The minimum atomic E-state index is 0.675. The summed E-state index contributed by atoms with van der Waals surface area (Å²) in [7, 11) is 3.57. The van der Waals surface area contributed by atoms with Crippen LogP contribution < -0.4 is 10.0 Å². The molecule has 28 heavy (non-hydrogen) atoms. The average molecular weight is 385 g/mol. The molecule has 6 heteroatoms. The maximum Gasteiger partial charge on any atom is 0.307 e. The van der Waals surface area contributed by atoms with E-state index in [0.29, 0.717) is 5.82 Å². The summed E-state index contributed by atoms with van der Waals surface area (Å²) in [4.78, 5) is 13.7. The van der Waals surface area contributed by atoms with Crippen LogP contribution in [0.4, 0.5) is 5.82 Å². The number of rotatable bonds is 10. The molecule has 2 heterocycles. The van der Waals surface area contributed by atoms with Crippen LogP contribution in [0.3, 0.4) is 0 Å². The zero-order valence-corrected chi connectivity index (χ0v) is 18.1. The first-order valence-corrected chi connectivity index (χ1v) is 9.85. The SMILES string of the molecule is CONc1ncnc2c1n(C/C=C(\C)CC/C=C(/C)CCC=C(C)C)c[n+]2C. The highest BCUT2D eigenvalue weighted by Gasteiger charge is 2.18. The molecule has 0 saturated carbocycles. The Morgan fingerprint density at radius 3 is 2.43 bits per heavy atom. The molecule has 0 unspecified atom stereocenters. The molecule has 2 aromatic heterocycles. The van der Waals surface area contributed by atoms with Crippen molar-refractivity contribution in [1.82, 2.24) is 14.5 Å². The number of fused-ring (bicyclic) bond motifs is 1. The number of hydrogen-bond acceptors (Lipinski definition) is 4. The summed E-state index contributed by atoms with van der Waals surface area (Å²) < 4.78 is 4.14. The molecule has 2 aromatic rings. The van der Waals surface area contributed by atoms with Crippen molar-refractivity contribution >= 4 is 17.0 Å². The van der Waals surface area contributed by atoms with Crippen LogP contribution in [0.25, 0.3) is 11.2 Å². The maximum absolute atomic E-state index is 5.05. The van der Waals surface area contributed by atoms with E-state index in [4.69, 9.17) is 4.84 Å². The molecule has 0 aliphatic rings. The van der Waals surface area contributed by atoms with Gasteiger partial charge in [0.2, 0.25) is 5.52 Å². The molecule has 0 bridgehead atoms. The monoisotopic (exact) mass is 384 g/mol. The van der Waals surface area contributed by atoms with Gasteiger partial charge < -0.3 is 0 Å². The Morgan fingerprint density at radius 1 is 1.07 bits per heavy atom. The van der Waals surface area contributed by atoms with E-state index < -0.39 is 0 Å². The number of anilines is 1. The van der Waals surface area contributed by atoms with Crippen molar-refractivity contribution in [2.24, 2.45) is 7.05 Å². The number of allylic oxidation sites excluding steroid dienone is 6. The molecule has 0 aliphatic carbocycles. The largest absolute Gasteiger partial charge is 0.307 e. The lowest BCUT2D eigenvalue weighted by Crippen LogP contribution is -2.26. The lowest BCUT2D eigenvalue weighted by atomic mass is 10.1. The highest BCUT2D eigenvalue weighted by molar-refractivity contribution is 5.80. The summed E-state index contributed by atoms with van der Waals surface area (Å²) in [6, 6.07) is 0. The summed E-state index contributed by atoms with van der Waals surface area (Å²) in [5.41, 5.74) is 8.90. The first kappa shape index (κ1) is 21.8. The van der Waals surface area contributed by atoms with Crippen LogP contribution in [-0.4, -0.2) is 21.6 Å². The van der Waals surface area contributed by atoms with E-state index in [1.165, 1.54) is 16.7 Å². The van der Waals surface area contributed by atoms with E-state index >= 15 is 0 Å². The molecule has 2 rings (SSSR count). The highest BCUT2D eigenvalue weighted by Crippen LogP contribution is 2.18. The number of imidazole rings is 1. The molecule has 152 valence electrons. The van der Waals surface area contributed by atoms with Crippen LogP contribution in [0.5, 0.6) is 0 Å². The number of nitrogens with one attached hydrogen (secondary N) is 1. The molecule has 0 amide bonds. The fourth-order valence-corrected chi connectivity index (χ4v) is 3.12. The van der Waals surface area contributed by atoms with Gasteiger partial charge in [-0.15, -0.1) is 0 Å². The smallest absolute Gasteiger partial charge is 0.278 e. The van der Waals surface area contributed by atoms with Gasteiger partial charge in [0.05, 0.1) is 20.7 Å². The third kappa shape index (κ3) is 6.30. The minimum Gasteiger partial charge on any atom is -0.278 e. The Bertz CT molecular complexity index is 872. The minimum absolute atomic E-state index is 0.675. The van der Waals surface area contributed by atoms with Crippen LogP contribution in [0, 0.1) is 0 Å². The molecule has 0 aliphatic heterocycles. The second-order valence-corrected chi connectivity index (χ2v) is 7.54. The summed E-state index contributed by atoms with van der Waals surface area (Å²) in [6.45, 7) is 9.51. The Balaban J connectivity index is 1.98. The number of nitrogens with zero attached hydrogens (tertiary/aromatic N) is 4. The van der Waals surface area contributed by atoms with Crippen molar-refractivity contribution in [3.63, 3.8) is 0 Å². The van der Waals surface area contributed by atoms with Crippen molar-refractivity contribution in [2.75, 3.05) is 12.6 Å². The molecule has 6 nitrogen and oxygen atoms in total. The molecule has 0 atom stereocenters. The van der Waals surface area contributed by atoms with E-state index in [1.54, 1.807) is 13.4 Å². The second kappa shape index (κ2) is 10.8. The highest BCUT2D eigenvalue weighted by atomic mass is 16.6. The van der Waals surface area contributed by atoms with E-state index in [9.17, 15) is 0 Å². The van der Waals surface area contributed by atoms with E-state index in [0.717, 1.165) is 43.4 Å². The first-order chi connectivity index (χ1) is 13.4. The first-order valence-electron chi connectivity index (χ1n) is 9.85. The lowest BCUT2D eigenvalue weighted by molar-refractivity contribution is -0.647. The summed E-state index contributed by atoms with van der Waals surface area (Å²) in [5, 5.41) is 0. The van der Waals surface area contributed by atoms with Gasteiger partial charge in [-0.05, 0) is 53.4 Å². The zero-order valence-electron chi connectivity index (χ0n) is 18.1. The average Bonchev–Trinajstić information content (AvgIpc) is 2.97. The summed E-state index contributed by atoms with van der Waals surface area (Å²) in [6.07, 6.45) is 15.0. The lowest BCUT2D eigenvalue weighted by Gasteiger charge is -2.03. The van der Waals surface area contributed by atoms with Gasteiger partial charge in [0.1, 0.15) is 0 Å². The van der Waals surface area contributed by atoms with E-state index in [2.05, 4.69) is 65.9 Å². The molecule has 0 fully saturated rings. The molecule has 0 radical (unpaired) electrons. The van der Waals surface area contributed by atoms with Gasteiger partial charge in [-0.2, -0.15) is 4.98 Å². The molecular formula is C22H34N5O+. The van der Waals surface area contributed by atoms with Crippen LogP contribution in [-0.2, 0) is 18.4 Å². The Hall–Kier alpha value is -2.47. The summed E-state index contributed by atoms with van der Waals surface area (Å²) in [5.74, 6) is 0.675. The molecule has 0 saturated heterocycles. The van der Waals surface area contributed by atoms with Gasteiger partial charge in [-0.3, -0.25) is 9.40 Å². The van der Waals surface area contributed by atoms with Crippen molar-refractivity contribution in [1.29, 1.82) is 0 Å². The standard InChI is InChI=1S/C22H34N5O/c1-17(2)9-7-10-18(3)11-8-12-19(4)13-14-27-16-26(5)22-20(27)21(25-28-6)23-15-24-22/h9,11,13,15-16H,7-8,10,12,14H2,1-6H3,(H,23,24,25)/q+1/b18-11-,19-13+. The van der Waals surface area contributed by atoms with Crippen molar-refractivity contribution in [3.8, 4) is 0 Å². The molecule has 0 aromatic carbocycles. The fraction of sp³-hybridized carbons (Fsp3) is 0.500. The van der Waals surface area contributed by atoms with Crippen molar-refractivity contribution in [3.05, 3.63) is 47.6 Å². The maximum atomic E-state index is 5.05. The zero-order chi connectivity index (χ0) is 20.5. The Kier molecular flexibility index (Phi) is 8.39. The second-order valence-electron chi connectivity index (χ2n) is 7.54. The fourth-order valence-electron chi connectivity index (χ4n) is 3.12. The van der Waals surface area contributed by atoms with Crippen LogP contribution >= 0.6 is 0 Å². The van der Waals surface area contributed by atoms with E-state index in [-0.39, 0.29) is 0 Å². The number of hydrogen-bond donors (Lipinski definition) is 1. The topological polar surface area (TPSA) is 55.9 Å². The third-order valence-corrected chi connectivity index (χ3v) is 4.69. The van der Waals surface area contributed by atoms with Crippen molar-refractivity contribution in [2.45, 2.75) is 59.9 Å². The van der Waals surface area contributed by atoms with Gasteiger partial charge in [0.25, 0.3) is 0 Å². The van der Waals surface area contributed by atoms with Crippen LogP contribution in [0.2, 0.25) is 0 Å². The quantitative estimate of drug-likeness (QED) is 0.368. The Morgan fingerprint density at radius 2 is 1.75 bits per heavy atom. The van der Waals surface area contributed by atoms with Crippen LogP contribution in [0.1, 0.15) is 53.4 Å². The Labute approximate surface area is 168 Å². The predicted octanol–water partition coefficient (Wildman–Crippen LogP) is 4.65. The molecule has 0 spiro atoms. The van der Waals surface area contributed by atoms with Gasteiger partial charge >= 0.3 is 5.65 Å². The number of aromatic nitrogens is 4. The van der Waals surface area contributed by atoms with Gasteiger partial charge in [0, 0.05) is 0 Å². The van der Waals surface area contributed by atoms with Crippen molar-refractivity contribution < 1.29 is 9.40 Å². The van der Waals surface area contributed by atoms with Crippen LogP contribution in [0.15, 0.2) is 47.6 Å². The molecule has 1 N–H and O–H groups in total. The normalized spacial score (nSPS) is 12.5. The third-order valence-electron chi connectivity index (χ3n) is 4.69. The predicted molar refractivity (Wildman–Crippen MR) is 115 cm³/mol. The van der Waals surface area contributed by atoms with Gasteiger partial charge in [-0.1, -0.05) is 39.9 Å². The van der Waals surface area contributed by atoms with E-state index in [1.807, 2.05) is 17.9 Å². The number of aryl methyl sites for hydroxylation is 1.